The van der Waals surface area contributed by atoms with Gasteiger partial charge in [0.2, 0.25) is 0 Å². The second-order valence-corrected chi connectivity index (χ2v) is 2.81. The first-order chi connectivity index (χ1) is 6.20. The molecule has 0 aliphatic rings. The summed E-state index contributed by atoms with van der Waals surface area (Å²) in [7, 11) is 0. The molecule has 1 rings (SSSR count). The van der Waals surface area contributed by atoms with E-state index in [1.807, 2.05) is 30.3 Å². The second kappa shape index (κ2) is 4.52. The van der Waals surface area contributed by atoms with E-state index in [0.29, 0.717) is 0 Å². The van der Waals surface area contributed by atoms with Crippen LogP contribution in [0.2, 0.25) is 0 Å². The van der Waals surface area contributed by atoms with Crippen LogP contribution in [0.3, 0.4) is 0 Å². The maximum Gasteiger partial charge on any atom is 0.280 e. The zero-order valence-electron chi connectivity index (χ0n) is 6.88. The average molecular weight is 197 g/mol. The Labute approximate surface area is 81.4 Å². The highest BCUT2D eigenvalue weighted by Crippen LogP contribution is 2.03. The Morgan fingerprint density at radius 1 is 1.31 bits per heavy atom. The van der Waals surface area contributed by atoms with Crippen LogP contribution in [0.1, 0.15) is 0 Å². The molecule has 1 aromatic rings. The Bertz CT molecular complexity index is 311. The molecule has 0 aliphatic heterocycles. The van der Waals surface area contributed by atoms with Crippen LogP contribution in [0.25, 0.3) is 0 Å². The van der Waals surface area contributed by atoms with Crippen LogP contribution >= 0.6 is 11.6 Å². The van der Waals surface area contributed by atoms with Gasteiger partial charge in [-0.2, -0.15) is 0 Å². The summed E-state index contributed by atoms with van der Waals surface area (Å²) in [6.07, 6.45) is 0. The summed E-state index contributed by atoms with van der Waals surface area (Å²) in [6, 6.07) is 9.22. The largest absolute Gasteiger partial charge is 0.298 e. The van der Waals surface area contributed by atoms with E-state index in [1.54, 1.807) is 0 Å². The molecular formula is C9H9ClN2O. The standard InChI is InChI=1S/C9H9ClN2O/c1-7(10)9(13)12-11-8-5-3-2-4-6-8/h2-6,11H,1H2,(H,12,13). The molecule has 0 unspecified atom stereocenters. The molecule has 0 saturated heterocycles. The summed E-state index contributed by atoms with van der Waals surface area (Å²) < 4.78 is 0. The fourth-order valence-corrected chi connectivity index (χ4v) is 0.765. The minimum atomic E-state index is -0.439. The Morgan fingerprint density at radius 3 is 2.46 bits per heavy atom. The van der Waals surface area contributed by atoms with E-state index in [-0.39, 0.29) is 5.03 Å². The highest BCUT2D eigenvalue weighted by molar-refractivity contribution is 6.41. The molecule has 0 atom stereocenters. The van der Waals surface area contributed by atoms with Gasteiger partial charge in [0, 0.05) is 0 Å². The highest BCUT2D eigenvalue weighted by Gasteiger charge is 2.01. The maximum atomic E-state index is 10.9. The first kappa shape index (κ1) is 9.61. The summed E-state index contributed by atoms with van der Waals surface area (Å²) in [6.45, 7) is 3.28. The molecule has 1 aromatic carbocycles. The first-order valence-electron chi connectivity index (χ1n) is 3.66. The lowest BCUT2D eigenvalue weighted by atomic mass is 10.3. The number of halogens is 1. The fourth-order valence-electron chi connectivity index (χ4n) is 0.718. The zero-order valence-corrected chi connectivity index (χ0v) is 7.64. The van der Waals surface area contributed by atoms with Crippen molar-refractivity contribution in [2.45, 2.75) is 0 Å². The zero-order chi connectivity index (χ0) is 9.68. The highest BCUT2D eigenvalue weighted by atomic mass is 35.5. The van der Waals surface area contributed by atoms with Crippen molar-refractivity contribution in [2.24, 2.45) is 0 Å². The van der Waals surface area contributed by atoms with Crippen molar-refractivity contribution in [3.63, 3.8) is 0 Å². The van der Waals surface area contributed by atoms with Crippen LogP contribution < -0.4 is 10.9 Å². The van der Waals surface area contributed by atoms with E-state index in [1.165, 1.54) is 0 Å². The maximum absolute atomic E-state index is 10.9. The minimum Gasteiger partial charge on any atom is -0.298 e. The number of anilines is 1. The third kappa shape index (κ3) is 3.17. The van der Waals surface area contributed by atoms with Crippen LogP contribution in [-0.2, 0) is 4.79 Å². The third-order valence-electron chi connectivity index (χ3n) is 1.34. The van der Waals surface area contributed by atoms with Crippen molar-refractivity contribution in [2.75, 3.05) is 5.43 Å². The molecule has 0 heterocycles. The molecule has 13 heavy (non-hydrogen) atoms. The number of carbonyl (C=O) groups is 1. The Balaban J connectivity index is 2.44. The van der Waals surface area contributed by atoms with Gasteiger partial charge in [-0.3, -0.25) is 15.6 Å². The summed E-state index contributed by atoms with van der Waals surface area (Å²) in [5.74, 6) is -0.439. The van der Waals surface area contributed by atoms with E-state index >= 15 is 0 Å². The molecular weight excluding hydrogens is 188 g/mol. The SMILES string of the molecule is C=C(Cl)C(=O)NNc1ccccc1. The summed E-state index contributed by atoms with van der Waals surface area (Å²) in [4.78, 5) is 10.9. The quantitative estimate of drug-likeness (QED) is 0.573. The molecule has 1 amide bonds. The minimum absolute atomic E-state index is 0.0524. The molecule has 3 nitrogen and oxygen atoms in total. The van der Waals surface area contributed by atoms with Crippen molar-refractivity contribution < 1.29 is 4.79 Å². The van der Waals surface area contributed by atoms with Gasteiger partial charge in [-0.1, -0.05) is 36.4 Å². The van der Waals surface area contributed by atoms with Crippen LogP contribution in [0, 0.1) is 0 Å². The van der Waals surface area contributed by atoms with Gasteiger partial charge in [0.15, 0.2) is 0 Å². The van der Waals surface area contributed by atoms with Gasteiger partial charge in [0.05, 0.1) is 10.7 Å². The van der Waals surface area contributed by atoms with Crippen molar-refractivity contribution in [1.29, 1.82) is 0 Å². The number of carbonyl (C=O) groups excluding carboxylic acids is 1. The van der Waals surface area contributed by atoms with E-state index in [4.69, 9.17) is 11.6 Å². The lowest BCUT2D eigenvalue weighted by molar-refractivity contribution is -0.116. The number of hydrazine groups is 1. The average Bonchev–Trinajstić information content (AvgIpc) is 2.15. The molecule has 0 fully saturated rings. The second-order valence-electron chi connectivity index (χ2n) is 2.35. The van der Waals surface area contributed by atoms with Gasteiger partial charge in [0.25, 0.3) is 5.91 Å². The number of rotatable bonds is 3. The van der Waals surface area contributed by atoms with Gasteiger partial charge in [-0.25, -0.2) is 0 Å². The van der Waals surface area contributed by atoms with E-state index in [2.05, 4.69) is 17.4 Å². The van der Waals surface area contributed by atoms with E-state index < -0.39 is 5.91 Å². The van der Waals surface area contributed by atoms with Crippen LogP contribution in [0.15, 0.2) is 41.9 Å². The van der Waals surface area contributed by atoms with E-state index in [0.717, 1.165) is 5.69 Å². The molecule has 0 bridgehead atoms. The molecule has 0 aromatic heterocycles. The van der Waals surface area contributed by atoms with Gasteiger partial charge >= 0.3 is 0 Å². The van der Waals surface area contributed by atoms with Crippen molar-refractivity contribution >= 4 is 23.2 Å². The van der Waals surface area contributed by atoms with Crippen LogP contribution in [0.5, 0.6) is 0 Å². The van der Waals surface area contributed by atoms with Gasteiger partial charge < -0.3 is 0 Å². The van der Waals surface area contributed by atoms with Gasteiger partial charge in [0.1, 0.15) is 0 Å². The van der Waals surface area contributed by atoms with E-state index in [9.17, 15) is 4.79 Å². The Kier molecular flexibility index (Phi) is 3.34. The number of para-hydroxylation sites is 1. The smallest absolute Gasteiger partial charge is 0.280 e. The van der Waals surface area contributed by atoms with Gasteiger partial charge in [-0.15, -0.1) is 0 Å². The lowest BCUT2D eigenvalue weighted by Gasteiger charge is -2.06. The summed E-state index contributed by atoms with van der Waals surface area (Å²) >= 11 is 5.35. The predicted octanol–water partition coefficient (Wildman–Crippen LogP) is 1.88. The molecule has 0 aliphatic carbocycles. The molecule has 0 spiro atoms. The molecule has 4 heteroatoms. The topological polar surface area (TPSA) is 41.1 Å². The molecule has 0 saturated carbocycles. The number of hydrogen-bond donors (Lipinski definition) is 2. The number of benzene rings is 1. The Morgan fingerprint density at radius 2 is 1.92 bits per heavy atom. The fraction of sp³-hybridized carbons (Fsp3) is 0. The third-order valence-corrected chi connectivity index (χ3v) is 1.51. The molecule has 68 valence electrons. The monoisotopic (exact) mass is 196 g/mol. The number of nitrogens with one attached hydrogen (secondary N) is 2. The molecule has 2 N–H and O–H groups in total. The number of amides is 1. The van der Waals surface area contributed by atoms with Crippen molar-refractivity contribution in [1.82, 2.24) is 5.43 Å². The van der Waals surface area contributed by atoms with Crippen molar-refractivity contribution in [3.8, 4) is 0 Å². The summed E-state index contributed by atoms with van der Waals surface area (Å²) in [5, 5.41) is -0.0524. The Hall–Kier alpha value is -1.48. The van der Waals surface area contributed by atoms with Crippen molar-refractivity contribution in [3.05, 3.63) is 41.9 Å². The first-order valence-corrected chi connectivity index (χ1v) is 4.04. The summed E-state index contributed by atoms with van der Waals surface area (Å²) in [5.41, 5.74) is 5.84. The lowest BCUT2D eigenvalue weighted by Crippen LogP contribution is -2.28. The normalized spacial score (nSPS) is 9.00. The molecule has 0 radical (unpaired) electrons. The predicted molar refractivity (Wildman–Crippen MR) is 53.2 cm³/mol. The van der Waals surface area contributed by atoms with Crippen LogP contribution in [0.4, 0.5) is 5.69 Å². The van der Waals surface area contributed by atoms with Crippen LogP contribution in [-0.4, -0.2) is 5.91 Å². The number of hydrogen-bond acceptors (Lipinski definition) is 2. The van der Waals surface area contributed by atoms with Gasteiger partial charge in [-0.05, 0) is 12.1 Å².